The molecule has 0 bridgehead atoms. The molecule has 4 rings (SSSR count). The topological polar surface area (TPSA) is 94.2 Å². The fraction of sp³-hybridized carbons (Fsp3) is 0.316. The van der Waals surface area contributed by atoms with Crippen molar-refractivity contribution >= 4 is 39.0 Å². The van der Waals surface area contributed by atoms with Crippen molar-refractivity contribution in [2.24, 2.45) is 7.05 Å². The Balaban J connectivity index is 1.44. The number of likely N-dealkylation sites (tertiary alicyclic amines) is 1. The summed E-state index contributed by atoms with van der Waals surface area (Å²) in [6.07, 6.45) is 2.84. The summed E-state index contributed by atoms with van der Waals surface area (Å²) in [4.78, 5) is 29.9. The molecule has 1 saturated heterocycles. The fourth-order valence-corrected chi connectivity index (χ4v) is 4.95. The van der Waals surface area contributed by atoms with E-state index in [0.717, 1.165) is 38.3 Å². The number of hydrogen-bond donors (Lipinski definition) is 0. The number of thiazole rings is 1. The van der Waals surface area contributed by atoms with Crippen LogP contribution in [0.4, 0.5) is 5.82 Å². The standard InChI is InChI=1S/C19H18BrN5O3S/c1-23-18(25(27)28)15(10-21-23)19(26)24-7-5-12(6-8-24)17-22-16(11-29-17)13-3-2-4-14(20)9-13/h2-4,9-12H,5-8H2,1H3. The zero-order valence-corrected chi connectivity index (χ0v) is 18.0. The summed E-state index contributed by atoms with van der Waals surface area (Å²) in [6, 6.07) is 8.04. The number of amides is 1. The van der Waals surface area contributed by atoms with Gasteiger partial charge in [-0.25, -0.2) is 4.98 Å². The summed E-state index contributed by atoms with van der Waals surface area (Å²) < 4.78 is 2.14. The maximum atomic E-state index is 12.8. The molecule has 2 aromatic heterocycles. The minimum atomic E-state index is -0.563. The highest BCUT2D eigenvalue weighted by molar-refractivity contribution is 9.10. The SMILES string of the molecule is Cn1ncc(C(=O)N2CCC(c3nc(-c4cccc(Br)c4)cs3)CC2)c1[N+](=O)[O-]. The van der Waals surface area contributed by atoms with E-state index in [1.807, 2.05) is 24.3 Å². The number of piperidine rings is 1. The molecule has 1 aliphatic heterocycles. The predicted molar refractivity (Wildman–Crippen MR) is 113 cm³/mol. The van der Waals surface area contributed by atoms with Crippen molar-refractivity contribution in [3.63, 3.8) is 0 Å². The average molecular weight is 476 g/mol. The summed E-state index contributed by atoms with van der Waals surface area (Å²) >= 11 is 5.13. The Kier molecular flexibility index (Phi) is 5.46. The van der Waals surface area contributed by atoms with Gasteiger partial charge in [0.2, 0.25) is 0 Å². The second-order valence-corrected chi connectivity index (χ2v) is 8.72. The second kappa shape index (κ2) is 8.03. The molecule has 1 aromatic carbocycles. The highest BCUT2D eigenvalue weighted by Gasteiger charge is 2.32. The molecule has 0 N–H and O–H groups in total. The van der Waals surface area contributed by atoms with E-state index < -0.39 is 4.92 Å². The van der Waals surface area contributed by atoms with E-state index in [-0.39, 0.29) is 23.2 Å². The molecule has 1 fully saturated rings. The maximum absolute atomic E-state index is 12.8. The number of aromatic nitrogens is 3. The van der Waals surface area contributed by atoms with Gasteiger partial charge in [-0.1, -0.05) is 33.2 Å². The van der Waals surface area contributed by atoms with E-state index in [2.05, 4.69) is 26.4 Å². The van der Waals surface area contributed by atoms with Gasteiger partial charge in [0, 0.05) is 34.4 Å². The van der Waals surface area contributed by atoms with Gasteiger partial charge >= 0.3 is 5.82 Å². The average Bonchev–Trinajstić information content (AvgIpc) is 3.35. The maximum Gasteiger partial charge on any atom is 0.357 e. The normalized spacial score (nSPS) is 14.9. The van der Waals surface area contributed by atoms with Crippen LogP contribution in [0.5, 0.6) is 0 Å². The van der Waals surface area contributed by atoms with Crippen LogP contribution >= 0.6 is 27.3 Å². The first-order chi connectivity index (χ1) is 13.9. The highest BCUT2D eigenvalue weighted by atomic mass is 79.9. The molecule has 29 heavy (non-hydrogen) atoms. The molecule has 150 valence electrons. The molecular weight excluding hydrogens is 458 g/mol. The zero-order valence-electron chi connectivity index (χ0n) is 15.6. The summed E-state index contributed by atoms with van der Waals surface area (Å²) in [6.45, 7) is 1.09. The Bertz CT molecular complexity index is 1070. The minimum absolute atomic E-state index is 0.0436. The summed E-state index contributed by atoms with van der Waals surface area (Å²) in [7, 11) is 1.46. The van der Waals surface area contributed by atoms with Crippen LogP contribution in [-0.2, 0) is 7.05 Å². The minimum Gasteiger partial charge on any atom is -0.358 e. The van der Waals surface area contributed by atoms with Crippen LogP contribution in [0.15, 0.2) is 40.3 Å². The first-order valence-corrected chi connectivity index (χ1v) is 10.8. The van der Waals surface area contributed by atoms with Crippen LogP contribution in [-0.4, -0.2) is 43.6 Å². The molecule has 0 saturated carbocycles. The number of hydrogen-bond acceptors (Lipinski definition) is 6. The predicted octanol–water partition coefficient (Wildman–Crippen LogP) is 4.23. The van der Waals surface area contributed by atoms with Gasteiger partial charge < -0.3 is 15.0 Å². The largest absolute Gasteiger partial charge is 0.358 e. The first kappa shape index (κ1) is 19.7. The number of nitro groups is 1. The number of carbonyl (C=O) groups excluding carboxylic acids is 1. The molecule has 8 nitrogen and oxygen atoms in total. The lowest BCUT2D eigenvalue weighted by atomic mass is 9.97. The van der Waals surface area contributed by atoms with E-state index in [1.165, 1.54) is 13.2 Å². The van der Waals surface area contributed by atoms with E-state index in [1.54, 1.807) is 16.2 Å². The van der Waals surface area contributed by atoms with Gasteiger partial charge in [-0.05, 0) is 29.9 Å². The molecule has 0 spiro atoms. The molecule has 10 heteroatoms. The van der Waals surface area contributed by atoms with Crippen molar-refractivity contribution in [3.8, 4) is 11.3 Å². The number of benzene rings is 1. The molecule has 0 radical (unpaired) electrons. The third-order valence-corrected chi connectivity index (χ3v) is 6.59. The molecule has 3 aromatic rings. The van der Waals surface area contributed by atoms with Crippen molar-refractivity contribution in [2.75, 3.05) is 13.1 Å². The Hall–Kier alpha value is -2.59. The van der Waals surface area contributed by atoms with Gasteiger partial charge in [0.1, 0.15) is 7.05 Å². The van der Waals surface area contributed by atoms with Gasteiger partial charge in [-0.15, -0.1) is 16.0 Å². The number of carbonyl (C=O) groups is 1. The highest BCUT2D eigenvalue weighted by Crippen LogP contribution is 2.34. The van der Waals surface area contributed by atoms with Crippen LogP contribution in [0, 0.1) is 10.1 Å². The third-order valence-electron chi connectivity index (χ3n) is 5.08. The van der Waals surface area contributed by atoms with Crippen LogP contribution in [0.3, 0.4) is 0 Å². The molecule has 0 atom stereocenters. The van der Waals surface area contributed by atoms with Crippen molar-refractivity contribution in [3.05, 3.63) is 61.0 Å². The second-order valence-electron chi connectivity index (χ2n) is 6.91. The summed E-state index contributed by atoms with van der Waals surface area (Å²) in [5.41, 5.74) is 2.07. The van der Waals surface area contributed by atoms with Crippen molar-refractivity contribution in [2.45, 2.75) is 18.8 Å². The molecular formula is C19H18BrN5O3S. The monoisotopic (exact) mass is 475 g/mol. The lowest BCUT2D eigenvalue weighted by Gasteiger charge is -2.30. The molecule has 1 aliphatic rings. The van der Waals surface area contributed by atoms with Crippen LogP contribution in [0.25, 0.3) is 11.3 Å². The van der Waals surface area contributed by atoms with E-state index in [9.17, 15) is 14.9 Å². The van der Waals surface area contributed by atoms with Crippen LogP contribution in [0.1, 0.15) is 34.1 Å². The van der Waals surface area contributed by atoms with Crippen LogP contribution < -0.4 is 0 Å². The number of aryl methyl sites for hydroxylation is 1. The lowest BCUT2D eigenvalue weighted by Crippen LogP contribution is -2.38. The number of nitrogens with zero attached hydrogens (tertiary/aromatic N) is 5. The van der Waals surface area contributed by atoms with Crippen molar-refractivity contribution in [1.29, 1.82) is 0 Å². The number of rotatable bonds is 4. The van der Waals surface area contributed by atoms with Crippen LogP contribution in [0.2, 0.25) is 0 Å². The lowest BCUT2D eigenvalue weighted by molar-refractivity contribution is -0.392. The molecule has 3 heterocycles. The molecule has 0 unspecified atom stereocenters. The van der Waals surface area contributed by atoms with E-state index >= 15 is 0 Å². The van der Waals surface area contributed by atoms with Gasteiger partial charge in [-0.3, -0.25) is 4.79 Å². The fourth-order valence-electron chi connectivity index (χ4n) is 3.55. The van der Waals surface area contributed by atoms with Gasteiger partial charge in [0.05, 0.1) is 16.9 Å². The Labute approximate surface area is 179 Å². The summed E-state index contributed by atoms with van der Waals surface area (Å²) in [5, 5.41) is 18.2. The van der Waals surface area contributed by atoms with Crippen molar-refractivity contribution < 1.29 is 9.72 Å². The van der Waals surface area contributed by atoms with Gasteiger partial charge in [0.25, 0.3) is 5.91 Å². The van der Waals surface area contributed by atoms with Gasteiger partial charge in [0.15, 0.2) is 5.56 Å². The van der Waals surface area contributed by atoms with E-state index in [0.29, 0.717) is 13.1 Å². The molecule has 1 amide bonds. The Morgan fingerprint density at radius 1 is 1.34 bits per heavy atom. The smallest absolute Gasteiger partial charge is 0.357 e. The Morgan fingerprint density at radius 2 is 2.10 bits per heavy atom. The van der Waals surface area contributed by atoms with Crippen molar-refractivity contribution in [1.82, 2.24) is 19.7 Å². The molecule has 0 aliphatic carbocycles. The number of halogens is 1. The first-order valence-electron chi connectivity index (χ1n) is 9.11. The third kappa shape index (κ3) is 3.95. The zero-order chi connectivity index (χ0) is 20.5. The Morgan fingerprint density at radius 3 is 2.79 bits per heavy atom. The van der Waals surface area contributed by atoms with E-state index in [4.69, 9.17) is 4.98 Å². The summed E-state index contributed by atoms with van der Waals surface area (Å²) in [5.74, 6) is -0.318. The van der Waals surface area contributed by atoms with Gasteiger partial charge in [-0.2, -0.15) is 0 Å². The quantitative estimate of drug-likeness (QED) is 0.415.